The third kappa shape index (κ3) is 2.66. The molecule has 1 saturated heterocycles. The Kier molecular flexibility index (Phi) is 4.19. The van der Waals surface area contributed by atoms with E-state index < -0.39 is 21.4 Å². The highest BCUT2D eigenvalue weighted by Gasteiger charge is 2.57. The Morgan fingerprint density at radius 2 is 2.35 bits per heavy atom. The fourth-order valence-corrected chi connectivity index (χ4v) is 5.22. The number of sulfonamides is 1. The highest BCUT2D eigenvalue weighted by Crippen LogP contribution is 2.50. The number of aromatic nitrogens is 2. The van der Waals surface area contributed by atoms with Gasteiger partial charge in [0.1, 0.15) is 4.90 Å². The average molecular weight is 343 g/mol. The number of hydrogen-bond donors (Lipinski definition) is 1. The predicted octanol–water partition coefficient (Wildman–Crippen LogP) is 0.405. The highest BCUT2D eigenvalue weighted by molar-refractivity contribution is 7.89. The van der Waals surface area contributed by atoms with E-state index in [4.69, 9.17) is 4.74 Å². The van der Waals surface area contributed by atoms with Crippen LogP contribution in [-0.4, -0.2) is 60.4 Å². The zero-order valence-corrected chi connectivity index (χ0v) is 13.8. The van der Waals surface area contributed by atoms with Crippen LogP contribution in [0.3, 0.4) is 0 Å². The summed E-state index contributed by atoms with van der Waals surface area (Å²) in [5, 5.41) is 13.6. The lowest BCUT2D eigenvalue weighted by molar-refractivity contribution is -0.149. The first kappa shape index (κ1) is 16.4. The van der Waals surface area contributed by atoms with Gasteiger partial charge in [0.15, 0.2) is 0 Å². The van der Waals surface area contributed by atoms with E-state index in [-0.39, 0.29) is 23.9 Å². The first-order valence-corrected chi connectivity index (χ1v) is 9.09. The smallest absolute Gasteiger partial charge is 0.311 e. The van der Waals surface area contributed by atoms with Crippen LogP contribution >= 0.6 is 0 Å². The van der Waals surface area contributed by atoms with Crippen LogP contribution < -0.4 is 0 Å². The molecule has 2 fully saturated rings. The molecule has 1 N–H and O–H groups in total. The molecular weight excluding hydrogens is 322 g/mol. The first-order valence-electron chi connectivity index (χ1n) is 7.65. The Morgan fingerprint density at radius 3 is 3.00 bits per heavy atom. The molecular formula is C14H21N3O5S. The number of carbonyl (C=O) groups is 1. The van der Waals surface area contributed by atoms with Crippen molar-refractivity contribution in [3.63, 3.8) is 0 Å². The number of fused-ring (bicyclic) bond motifs is 1. The maximum absolute atomic E-state index is 12.8. The molecule has 2 aliphatic rings. The fraction of sp³-hybridized carbons (Fsp3) is 0.714. The molecule has 8 nitrogen and oxygen atoms in total. The monoisotopic (exact) mass is 343 g/mol. The lowest BCUT2D eigenvalue weighted by Crippen LogP contribution is -2.37. The molecule has 1 aromatic heterocycles. The second-order valence-corrected chi connectivity index (χ2v) is 8.22. The van der Waals surface area contributed by atoms with E-state index in [0.29, 0.717) is 19.6 Å². The average Bonchev–Trinajstić information content (AvgIpc) is 3.18. The zero-order chi connectivity index (χ0) is 16.7. The number of carboxylic acid groups (broad SMARTS) is 1. The fourth-order valence-electron chi connectivity index (χ4n) is 3.71. The second-order valence-electron chi connectivity index (χ2n) is 6.28. The van der Waals surface area contributed by atoms with E-state index in [9.17, 15) is 18.3 Å². The van der Waals surface area contributed by atoms with Crippen molar-refractivity contribution in [1.29, 1.82) is 0 Å². The Bertz CT molecular complexity index is 701. The first-order chi connectivity index (χ1) is 10.9. The van der Waals surface area contributed by atoms with Crippen molar-refractivity contribution in [2.75, 3.05) is 26.8 Å². The van der Waals surface area contributed by atoms with E-state index in [0.717, 1.165) is 12.8 Å². The predicted molar refractivity (Wildman–Crippen MR) is 80.3 cm³/mol. The van der Waals surface area contributed by atoms with Crippen molar-refractivity contribution in [3.05, 3.63) is 12.4 Å². The summed E-state index contributed by atoms with van der Waals surface area (Å²) in [5.41, 5.74) is -0.918. The minimum atomic E-state index is -3.71. The van der Waals surface area contributed by atoms with Gasteiger partial charge in [-0.25, -0.2) is 8.42 Å². The maximum atomic E-state index is 12.8. The topological polar surface area (TPSA) is 102 Å². The number of methoxy groups -OCH3 is 1. The Labute approximate surface area is 135 Å². The molecule has 1 aliphatic carbocycles. The summed E-state index contributed by atoms with van der Waals surface area (Å²) in [6, 6.07) is 0. The van der Waals surface area contributed by atoms with Crippen LogP contribution in [0, 0.1) is 11.3 Å². The van der Waals surface area contributed by atoms with Gasteiger partial charge in [-0.2, -0.15) is 9.40 Å². The van der Waals surface area contributed by atoms with Crippen LogP contribution in [0.2, 0.25) is 0 Å². The normalized spacial score (nSPS) is 28.1. The molecule has 23 heavy (non-hydrogen) atoms. The van der Waals surface area contributed by atoms with E-state index in [2.05, 4.69) is 5.10 Å². The molecule has 9 heteroatoms. The van der Waals surface area contributed by atoms with Gasteiger partial charge < -0.3 is 9.84 Å². The van der Waals surface area contributed by atoms with Crippen LogP contribution in [0.15, 0.2) is 17.3 Å². The van der Waals surface area contributed by atoms with E-state index in [1.165, 1.54) is 21.4 Å². The van der Waals surface area contributed by atoms with Crippen LogP contribution in [0.5, 0.6) is 0 Å². The molecule has 0 unspecified atom stereocenters. The lowest BCUT2D eigenvalue weighted by Gasteiger charge is -2.23. The summed E-state index contributed by atoms with van der Waals surface area (Å²) in [6.45, 7) is 1.24. The maximum Gasteiger partial charge on any atom is 0.311 e. The number of rotatable bonds is 6. The number of ether oxygens (including phenoxy) is 1. The number of hydrogen-bond acceptors (Lipinski definition) is 5. The van der Waals surface area contributed by atoms with Crippen molar-refractivity contribution in [2.24, 2.45) is 11.3 Å². The van der Waals surface area contributed by atoms with Crippen molar-refractivity contribution in [1.82, 2.24) is 14.1 Å². The molecule has 0 spiro atoms. The minimum absolute atomic E-state index is 0.0542. The Hall–Kier alpha value is -1.45. The van der Waals surface area contributed by atoms with Gasteiger partial charge in [-0.1, -0.05) is 6.42 Å². The molecule has 1 saturated carbocycles. The van der Waals surface area contributed by atoms with Crippen LogP contribution in [0.4, 0.5) is 0 Å². The summed E-state index contributed by atoms with van der Waals surface area (Å²) in [7, 11) is -2.15. The molecule has 2 heterocycles. The van der Waals surface area contributed by atoms with Crippen molar-refractivity contribution in [3.8, 4) is 0 Å². The zero-order valence-electron chi connectivity index (χ0n) is 13.0. The van der Waals surface area contributed by atoms with Crippen LogP contribution in [-0.2, 0) is 26.1 Å². The van der Waals surface area contributed by atoms with Gasteiger partial charge in [0, 0.05) is 26.4 Å². The molecule has 2 atom stereocenters. The molecule has 3 rings (SSSR count). The lowest BCUT2D eigenvalue weighted by atomic mass is 9.81. The van der Waals surface area contributed by atoms with Crippen molar-refractivity contribution < 1.29 is 23.1 Å². The molecule has 128 valence electrons. The Morgan fingerprint density at radius 1 is 1.57 bits per heavy atom. The quantitative estimate of drug-likeness (QED) is 0.802. The summed E-state index contributed by atoms with van der Waals surface area (Å²) >= 11 is 0. The second kappa shape index (κ2) is 5.88. The minimum Gasteiger partial charge on any atom is -0.481 e. The summed E-state index contributed by atoms with van der Waals surface area (Å²) in [4.78, 5) is 11.8. The highest BCUT2D eigenvalue weighted by atomic mass is 32.2. The Balaban J connectivity index is 1.81. The number of aliphatic carboxylic acids is 1. The molecule has 1 aliphatic heterocycles. The largest absolute Gasteiger partial charge is 0.481 e. The summed E-state index contributed by atoms with van der Waals surface area (Å²) < 4.78 is 33.3. The standard InChI is InChI=1S/C14H21N3O5S/c1-22-6-5-16-9-12(7-15-16)23(20,21)17-8-11-3-2-4-14(11,10-17)13(18)19/h7,9,11H,2-6,8,10H2,1H3,(H,18,19)/t11-,14+/m0/s1. The molecule has 0 aromatic carbocycles. The van der Waals surface area contributed by atoms with Gasteiger partial charge in [0.2, 0.25) is 10.0 Å². The molecule has 0 radical (unpaired) electrons. The van der Waals surface area contributed by atoms with Gasteiger partial charge in [0.05, 0.1) is 24.8 Å². The van der Waals surface area contributed by atoms with E-state index in [1.54, 1.807) is 7.11 Å². The van der Waals surface area contributed by atoms with Gasteiger partial charge in [-0.15, -0.1) is 0 Å². The van der Waals surface area contributed by atoms with Gasteiger partial charge in [-0.05, 0) is 18.8 Å². The van der Waals surface area contributed by atoms with Crippen molar-refractivity contribution in [2.45, 2.75) is 30.7 Å². The van der Waals surface area contributed by atoms with Gasteiger partial charge >= 0.3 is 5.97 Å². The van der Waals surface area contributed by atoms with Crippen LogP contribution in [0.25, 0.3) is 0 Å². The SMILES string of the molecule is COCCn1cc(S(=O)(=O)N2C[C@@H]3CCC[C@@]3(C(=O)O)C2)cn1. The summed E-state index contributed by atoms with van der Waals surface area (Å²) in [5.74, 6) is -0.980. The van der Waals surface area contributed by atoms with Crippen LogP contribution in [0.1, 0.15) is 19.3 Å². The number of carboxylic acids is 1. The molecule has 0 amide bonds. The summed E-state index contributed by atoms with van der Waals surface area (Å²) in [6.07, 6.45) is 4.94. The molecule has 1 aromatic rings. The van der Waals surface area contributed by atoms with Gasteiger partial charge in [-0.3, -0.25) is 9.48 Å². The van der Waals surface area contributed by atoms with E-state index >= 15 is 0 Å². The number of nitrogens with zero attached hydrogens (tertiary/aromatic N) is 3. The van der Waals surface area contributed by atoms with Gasteiger partial charge in [0.25, 0.3) is 0 Å². The third-order valence-corrected chi connectivity index (χ3v) is 6.80. The van der Waals surface area contributed by atoms with Crippen molar-refractivity contribution >= 4 is 16.0 Å². The van der Waals surface area contributed by atoms with E-state index in [1.807, 2.05) is 0 Å². The molecule has 0 bridgehead atoms. The third-order valence-electron chi connectivity index (χ3n) is 5.04.